The van der Waals surface area contributed by atoms with Crippen LogP contribution in [-0.4, -0.2) is 11.8 Å². The van der Waals surface area contributed by atoms with E-state index in [0.29, 0.717) is 18.6 Å². The molecule has 0 bridgehead atoms. The Labute approximate surface area is 112 Å². The molecule has 0 amide bonds. The van der Waals surface area contributed by atoms with Crippen LogP contribution in [-0.2, 0) is 14.3 Å². The number of carbonyl (C=O) groups is 2. The summed E-state index contributed by atoms with van der Waals surface area (Å²) >= 11 is 0. The second kappa shape index (κ2) is 3.95. The minimum atomic E-state index is -0.896. The Hall–Kier alpha value is -1.58. The van der Waals surface area contributed by atoms with Gasteiger partial charge in [-0.25, -0.2) is 0 Å². The minimum absolute atomic E-state index is 0.00940. The summed E-state index contributed by atoms with van der Waals surface area (Å²) in [5.74, 6) is 0.186. The Bertz CT molecular complexity index is 506. The van der Waals surface area contributed by atoms with E-state index in [2.05, 4.69) is 0 Å². The predicted octanol–water partition coefficient (Wildman–Crippen LogP) is 3.03. The van der Waals surface area contributed by atoms with Crippen LogP contribution in [0, 0.1) is 10.8 Å². The maximum Gasteiger partial charge on any atom is 0.320 e. The lowest BCUT2D eigenvalue weighted by Gasteiger charge is -2.43. The van der Waals surface area contributed by atoms with Gasteiger partial charge in [0, 0.05) is 0 Å². The summed E-state index contributed by atoms with van der Waals surface area (Å²) in [6.07, 6.45) is 4.00. The van der Waals surface area contributed by atoms with Crippen molar-refractivity contribution in [3.05, 3.63) is 24.2 Å². The van der Waals surface area contributed by atoms with Gasteiger partial charge < -0.3 is 9.15 Å². The van der Waals surface area contributed by atoms with Crippen LogP contribution in [0.5, 0.6) is 0 Å². The number of hydrogen-bond acceptors (Lipinski definition) is 4. The van der Waals surface area contributed by atoms with Gasteiger partial charge in [0.2, 0.25) is 0 Å². The lowest BCUT2D eigenvalue weighted by atomic mass is 9.65. The molecule has 1 aromatic heterocycles. The second-order valence-electron chi connectivity index (χ2n) is 6.14. The largest absolute Gasteiger partial charge is 0.465 e. The highest BCUT2D eigenvalue weighted by Crippen LogP contribution is 2.53. The van der Waals surface area contributed by atoms with Crippen LogP contribution in [0.2, 0.25) is 0 Å². The minimum Gasteiger partial charge on any atom is -0.465 e. The van der Waals surface area contributed by atoms with Gasteiger partial charge in [-0.1, -0.05) is 12.8 Å². The van der Waals surface area contributed by atoms with Crippen LogP contribution in [0.25, 0.3) is 0 Å². The molecule has 0 radical (unpaired) electrons. The van der Waals surface area contributed by atoms with Gasteiger partial charge in [0.15, 0.2) is 11.9 Å². The summed E-state index contributed by atoms with van der Waals surface area (Å²) in [6.45, 7) is 3.68. The van der Waals surface area contributed by atoms with Gasteiger partial charge in [-0.3, -0.25) is 9.59 Å². The van der Waals surface area contributed by atoms with E-state index in [4.69, 9.17) is 9.15 Å². The van der Waals surface area contributed by atoms with Gasteiger partial charge in [-0.05, 0) is 38.8 Å². The molecule has 4 nitrogen and oxygen atoms in total. The molecule has 4 heteroatoms. The maximum absolute atomic E-state index is 12.8. The van der Waals surface area contributed by atoms with Gasteiger partial charge >= 0.3 is 5.97 Å². The summed E-state index contributed by atoms with van der Waals surface area (Å²) in [6, 6.07) is 3.49. The first-order valence-corrected chi connectivity index (χ1v) is 6.78. The van der Waals surface area contributed by atoms with Crippen molar-refractivity contribution in [3.63, 3.8) is 0 Å². The third-order valence-electron chi connectivity index (χ3n) is 4.55. The van der Waals surface area contributed by atoms with Gasteiger partial charge in [0.25, 0.3) is 0 Å². The third kappa shape index (κ3) is 1.58. The van der Waals surface area contributed by atoms with Crippen LogP contribution in [0.1, 0.15) is 51.4 Å². The van der Waals surface area contributed by atoms with Crippen molar-refractivity contribution < 1.29 is 18.7 Å². The Balaban J connectivity index is 2.01. The highest BCUT2D eigenvalue weighted by atomic mass is 16.6. The summed E-state index contributed by atoms with van der Waals surface area (Å²) in [4.78, 5) is 25.2. The summed E-state index contributed by atoms with van der Waals surface area (Å²) in [5.41, 5.74) is -1.64. The van der Waals surface area contributed by atoms with Crippen molar-refractivity contribution in [2.75, 3.05) is 0 Å². The number of carbonyl (C=O) groups excluding carboxylic acids is 2. The lowest BCUT2D eigenvalue weighted by Crippen LogP contribution is -2.53. The van der Waals surface area contributed by atoms with Gasteiger partial charge in [0.1, 0.15) is 11.2 Å². The standard InChI is InChI=1S/C15H18O4/c1-14(2)11(10-6-5-9-18-10)19-13(17)15(12(14)16)7-3-4-8-15/h5-6,9,11H,3-4,7-8H2,1-2H3/t11-/m0/s1. The van der Waals surface area contributed by atoms with Crippen molar-refractivity contribution >= 4 is 11.8 Å². The maximum atomic E-state index is 12.8. The molecule has 2 fully saturated rings. The monoisotopic (exact) mass is 262 g/mol. The van der Waals surface area contributed by atoms with Crippen molar-refractivity contribution in [1.29, 1.82) is 0 Å². The van der Waals surface area contributed by atoms with Gasteiger partial charge in [0.05, 0.1) is 11.7 Å². The topological polar surface area (TPSA) is 56.5 Å². The van der Waals surface area contributed by atoms with Crippen LogP contribution >= 0.6 is 0 Å². The van der Waals surface area contributed by atoms with E-state index >= 15 is 0 Å². The molecule has 19 heavy (non-hydrogen) atoms. The van der Waals surface area contributed by atoms with Crippen molar-refractivity contribution in [2.24, 2.45) is 10.8 Å². The lowest BCUT2D eigenvalue weighted by molar-refractivity contribution is -0.190. The summed E-state index contributed by atoms with van der Waals surface area (Å²) < 4.78 is 10.9. The third-order valence-corrected chi connectivity index (χ3v) is 4.55. The van der Waals surface area contributed by atoms with Crippen LogP contribution in [0.3, 0.4) is 0 Å². The van der Waals surface area contributed by atoms with E-state index in [1.165, 1.54) is 6.26 Å². The Kier molecular flexibility index (Phi) is 2.59. The smallest absolute Gasteiger partial charge is 0.320 e. The molecule has 0 N–H and O–H groups in total. The molecular formula is C15H18O4. The fourth-order valence-electron chi connectivity index (χ4n) is 3.46. The molecule has 1 saturated heterocycles. The molecule has 2 aliphatic rings. The number of esters is 1. The molecule has 0 aromatic carbocycles. The average Bonchev–Trinajstić information content (AvgIpc) is 3.04. The first-order chi connectivity index (χ1) is 8.98. The first kappa shape index (κ1) is 12.5. The summed E-state index contributed by atoms with van der Waals surface area (Å²) in [7, 11) is 0. The fraction of sp³-hybridized carbons (Fsp3) is 0.600. The molecule has 0 unspecified atom stereocenters. The number of Topliss-reactive ketones (excluding diaryl/α,β-unsaturated/α-hetero) is 1. The van der Waals surface area contributed by atoms with E-state index in [-0.39, 0.29) is 11.8 Å². The molecule has 1 spiro atoms. The first-order valence-electron chi connectivity index (χ1n) is 6.78. The average molecular weight is 262 g/mol. The highest BCUT2D eigenvalue weighted by Gasteiger charge is 2.61. The Morgan fingerprint density at radius 3 is 2.47 bits per heavy atom. The molecule has 1 atom stereocenters. The number of hydrogen-bond donors (Lipinski definition) is 0. The zero-order valence-corrected chi connectivity index (χ0v) is 11.3. The SMILES string of the molecule is CC1(C)C(=O)C2(CCCC2)C(=O)O[C@H]1c1ccco1. The van der Waals surface area contributed by atoms with Gasteiger partial charge in [-0.2, -0.15) is 0 Å². The molecule has 3 rings (SSSR count). The van der Waals surface area contributed by atoms with E-state index in [9.17, 15) is 9.59 Å². The van der Waals surface area contributed by atoms with Crippen LogP contribution in [0.15, 0.2) is 22.8 Å². The van der Waals surface area contributed by atoms with Crippen molar-refractivity contribution in [1.82, 2.24) is 0 Å². The zero-order chi connectivity index (χ0) is 13.7. The van der Waals surface area contributed by atoms with Crippen LogP contribution in [0.4, 0.5) is 0 Å². The summed E-state index contributed by atoms with van der Waals surface area (Å²) in [5, 5.41) is 0. The molecule has 1 saturated carbocycles. The Morgan fingerprint density at radius 1 is 1.21 bits per heavy atom. The van der Waals surface area contributed by atoms with Crippen LogP contribution < -0.4 is 0 Å². The van der Waals surface area contributed by atoms with E-state index < -0.39 is 16.9 Å². The number of furan rings is 1. The second-order valence-corrected chi connectivity index (χ2v) is 6.14. The zero-order valence-electron chi connectivity index (χ0n) is 11.3. The van der Waals surface area contributed by atoms with Crippen molar-refractivity contribution in [3.8, 4) is 0 Å². The highest BCUT2D eigenvalue weighted by molar-refractivity contribution is 6.08. The molecule has 2 heterocycles. The number of cyclic esters (lactones) is 1. The molecule has 102 valence electrons. The number of ether oxygens (including phenoxy) is 1. The fourth-order valence-corrected chi connectivity index (χ4v) is 3.46. The van der Waals surface area contributed by atoms with E-state index in [1.807, 2.05) is 13.8 Å². The molecule has 1 aliphatic heterocycles. The number of ketones is 1. The molecule has 1 aromatic rings. The van der Waals surface area contributed by atoms with Gasteiger partial charge in [-0.15, -0.1) is 0 Å². The predicted molar refractivity (Wildman–Crippen MR) is 67.2 cm³/mol. The van der Waals surface area contributed by atoms with E-state index in [0.717, 1.165) is 12.8 Å². The van der Waals surface area contributed by atoms with E-state index in [1.54, 1.807) is 12.1 Å². The number of rotatable bonds is 1. The quantitative estimate of drug-likeness (QED) is 0.576. The molecule has 1 aliphatic carbocycles. The Morgan fingerprint density at radius 2 is 1.89 bits per heavy atom. The van der Waals surface area contributed by atoms with Crippen molar-refractivity contribution in [2.45, 2.75) is 45.6 Å². The normalized spacial score (nSPS) is 28.6. The molecular weight excluding hydrogens is 244 g/mol.